The number of aromatic nitrogens is 4. The fourth-order valence-corrected chi connectivity index (χ4v) is 7.81. The van der Waals surface area contributed by atoms with Crippen LogP contribution in [0.25, 0.3) is 0 Å². The topological polar surface area (TPSA) is 115 Å². The normalized spacial score (nSPS) is 29.8. The Morgan fingerprint density at radius 1 is 0.805 bits per heavy atom. The van der Waals surface area contributed by atoms with Crippen molar-refractivity contribution >= 4 is 0 Å². The molecule has 0 amide bonds. The second-order valence-corrected chi connectivity index (χ2v) is 13.1. The minimum Gasteiger partial charge on any atom is -0.368 e. The van der Waals surface area contributed by atoms with Crippen LogP contribution >= 0.6 is 0 Å². The van der Waals surface area contributed by atoms with E-state index in [-0.39, 0.29) is 17.2 Å². The van der Waals surface area contributed by atoms with Gasteiger partial charge >= 0.3 is 0 Å². The van der Waals surface area contributed by atoms with E-state index in [2.05, 4.69) is 120 Å². The van der Waals surface area contributed by atoms with E-state index in [1.807, 2.05) is 4.68 Å². The Hall–Kier alpha value is -4.17. The summed E-state index contributed by atoms with van der Waals surface area (Å²) < 4.78 is 1.92. The summed E-state index contributed by atoms with van der Waals surface area (Å²) in [5.74, 6) is 1.61. The van der Waals surface area contributed by atoms with E-state index < -0.39 is 11.1 Å². The minimum absolute atomic E-state index is 0.0342. The molecule has 8 nitrogen and oxygen atoms in total. The summed E-state index contributed by atoms with van der Waals surface area (Å²) in [5, 5.41) is 41.3. The van der Waals surface area contributed by atoms with Crippen LogP contribution in [0.2, 0.25) is 0 Å². The fraction of sp³-hybridized carbons (Fsp3) is 0.485. The average Bonchev–Trinajstić information content (AvgIpc) is 3.48. The number of nitriles is 2. The monoisotopic (exact) mass is 546 g/mol. The zero-order valence-corrected chi connectivity index (χ0v) is 24.1. The van der Waals surface area contributed by atoms with Gasteiger partial charge in [-0.25, -0.2) is 4.68 Å². The molecular formula is C33H38N8. The van der Waals surface area contributed by atoms with Crippen LogP contribution < -0.4 is 10.6 Å². The summed E-state index contributed by atoms with van der Waals surface area (Å²) in [4.78, 5) is 0. The molecule has 3 aromatic rings. The second kappa shape index (κ2) is 10.3. The first-order chi connectivity index (χ1) is 19.8. The Bertz CT molecular complexity index is 1500. The van der Waals surface area contributed by atoms with Gasteiger partial charge in [-0.1, -0.05) is 60.7 Å². The van der Waals surface area contributed by atoms with Gasteiger partial charge in [-0.05, 0) is 99.1 Å². The first-order valence-corrected chi connectivity index (χ1v) is 14.8. The Labute approximate surface area is 242 Å². The third kappa shape index (κ3) is 4.66. The lowest BCUT2D eigenvalue weighted by molar-refractivity contribution is 0.0215. The number of benzene rings is 2. The van der Waals surface area contributed by atoms with Gasteiger partial charge in [0.25, 0.3) is 0 Å². The van der Waals surface area contributed by atoms with E-state index in [9.17, 15) is 10.5 Å². The van der Waals surface area contributed by atoms with Crippen LogP contribution in [0.4, 0.5) is 0 Å². The van der Waals surface area contributed by atoms with Crippen LogP contribution in [0, 0.1) is 28.6 Å². The first-order valence-electron chi connectivity index (χ1n) is 14.8. The van der Waals surface area contributed by atoms with Gasteiger partial charge in [-0.3, -0.25) is 0 Å². The standard InChI is InChI=1S/C33H38N8/c1-31(2,3)41-30(38-39-40-41)33-19-16-26(24-12-8-5-9-13-24)20-29(33)32(36-27(21-34)28(22-35)37-33)17-14-25(15-18-32)23-10-6-4-7-11-23/h4-13,25-26,29,36-37H,14-20H2,1-3H3. The zero-order valence-electron chi connectivity index (χ0n) is 24.1. The summed E-state index contributed by atoms with van der Waals surface area (Å²) in [7, 11) is 0. The maximum Gasteiger partial charge on any atom is 0.177 e. The number of hydrogen-bond donors (Lipinski definition) is 2. The summed E-state index contributed by atoms with van der Waals surface area (Å²) >= 11 is 0. The number of allylic oxidation sites excluding steroid dienone is 2. The molecular weight excluding hydrogens is 508 g/mol. The number of fused-ring (bicyclic) bond motifs is 2. The molecule has 210 valence electrons. The van der Waals surface area contributed by atoms with Crippen LogP contribution in [-0.2, 0) is 11.1 Å². The summed E-state index contributed by atoms with van der Waals surface area (Å²) in [6, 6.07) is 26.2. The van der Waals surface area contributed by atoms with Gasteiger partial charge in [0.05, 0.1) is 5.54 Å². The van der Waals surface area contributed by atoms with E-state index in [0.717, 1.165) is 50.8 Å². The highest BCUT2D eigenvalue weighted by Gasteiger charge is 2.60. The molecule has 1 aliphatic heterocycles. The molecule has 2 heterocycles. The highest BCUT2D eigenvalue weighted by molar-refractivity contribution is 5.41. The van der Waals surface area contributed by atoms with Crippen molar-refractivity contribution < 1.29 is 0 Å². The quantitative estimate of drug-likeness (QED) is 0.429. The third-order valence-electron chi connectivity index (χ3n) is 9.79. The molecule has 2 fully saturated rings. The summed E-state index contributed by atoms with van der Waals surface area (Å²) in [6.45, 7) is 6.31. The summed E-state index contributed by atoms with van der Waals surface area (Å²) in [6.07, 6.45) is 6.37. The lowest BCUT2D eigenvalue weighted by atomic mass is 9.55. The predicted molar refractivity (Wildman–Crippen MR) is 156 cm³/mol. The van der Waals surface area contributed by atoms with Gasteiger partial charge in [-0.2, -0.15) is 10.5 Å². The zero-order chi connectivity index (χ0) is 28.7. The molecule has 41 heavy (non-hydrogen) atoms. The van der Waals surface area contributed by atoms with Crippen LogP contribution in [0.1, 0.15) is 94.5 Å². The van der Waals surface area contributed by atoms with Crippen molar-refractivity contribution in [3.8, 4) is 12.1 Å². The van der Waals surface area contributed by atoms with Crippen molar-refractivity contribution in [3.63, 3.8) is 0 Å². The van der Waals surface area contributed by atoms with Crippen molar-refractivity contribution in [2.45, 2.75) is 94.2 Å². The molecule has 2 saturated carbocycles. The molecule has 0 saturated heterocycles. The van der Waals surface area contributed by atoms with Gasteiger partial charge in [-0.15, -0.1) is 5.10 Å². The molecule has 2 aromatic carbocycles. The molecule has 0 radical (unpaired) electrons. The van der Waals surface area contributed by atoms with E-state index in [0.29, 0.717) is 17.5 Å². The molecule has 0 bridgehead atoms. The molecule has 3 atom stereocenters. The van der Waals surface area contributed by atoms with E-state index >= 15 is 0 Å². The number of nitrogens with zero attached hydrogens (tertiary/aromatic N) is 6. The van der Waals surface area contributed by atoms with Gasteiger partial charge in [0.1, 0.15) is 29.1 Å². The number of tetrazole rings is 1. The van der Waals surface area contributed by atoms with Gasteiger partial charge in [0.2, 0.25) is 0 Å². The maximum atomic E-state index is 10.3. The van der Waals surface area contributed by atoms with Crippen molar-refractivity contribution in [1.29, 1.82) is 10.5 Å². The van der Waals surface area contributed by atoms with E-state index in [4.69, 9.17) is 0 Å². The van der Waals surface area contributed by atoms with Gasteiger partial charge < -0.3 is 10.6 Å². The Kier molecular flexibility index (Phi) is 6.82. The van der Waals surface area contributed by atoms with Gasteiger partial charge in [0.15, 0.2) is 5.82 Å². The smallest absolute Gasteiger partial charge is 0.177 e. The number of hydrogen-bond acceptors (Lipinski definition) is 7. The number of nitrogens with one attached hydrogen (secondary N) is 2. The highest BCUT2D eigenvalue weighted by atomic mass is 15.6. The molecule has 1 spiro atoms. The average molecular weight is 547 g/mol. The molecule has 1 aromatic heterocycles. The predicted octanol–water partition coefficient (Wildman–Crippen LogP) is 5.76. The Morgan fingerprint density at radius 2 is 1.37 bits per heavy atom. The fourth-order valence-electron chi connectivity index (χ4n) is 7.81. The summed E-state index contributed by atoms with van der Waals surface area (Å²) in [5.41, 5.74) is 1.84. The van der Waals surface area contributed by atoms with Crippen molar-refractivity contribution in [3.05, 3.63) is 89.0 Å². The lowest BCUT2D eigenvalue weighted by Gasteiger charge is -2.55. The van der Waals surface area contributed by atoms with Crippen LogP contribution in [0.3, 0.4) is 0 Å². The number of rotatable bonds is 3. The molecule has 2 aliphatic carbocycles. The van der Waals surface area contributed by atoms with E-state index in [1.54, 1.807) is 0 Å². The Balaban J connectivity index is 1.51. The van der Waals surface area contributed by atoms with E-state index in [1.165, 1.54) is 11.1 Å². The molecule has 2 N–H and O–H groups in total. The molecule has 3 aliphatic rings. The molecule has 6 rings (SSSR count). The molecule has 3 unspecified atom stereocenters. The van der Waals surface area contributed by atoms with Gasteiger partial charge in [0, 0.05) is 11.5 Å². The minimum atomic E-state index is -0.710. The maximum absolute atomic E-state index is 10.3. The van der Waals surface area contributed by atoms with Crippen LogP contribution in [-0.4, -0.2) is 25.7 Å². The Morgan fingerprint density at radius 3 is 1.95 bits per heavy atom. The van der Waals surface area contributed by atoms with Crippen molar-refractivity contribution in [2.75, 3.05) is 0 Å². The first kappa shape index (κ1) is 27.0. The SMILES string of the molecule is CC(C)(C)n1nnnc1C12CCC(c3ccccc3)CC1C1(CCC(c3ccccc3)CC1)NC(C#N)=C(C#N)N2. The highest BCUT2D eigenvalue weighted by Crippen LogP contribution is 2.57. The van der Waals surface area contributed by atoms with Crippen molar-refractivity contribution in [1.82, 2.24) is 30.8 Å². The lowest BCUT2D eigenvalue weighted by Crippen LogP contribution is -2.63. The van der Waals surface area contributed by atoms with Crippen molar-refractivity contribution in [2.24, 2.45) is 5.92 Å². The largest absolute Gasteiger partial charge is 0.368 e. The van der Waals surface area contributed by atoms with Crippen LogP contribution in [0.15, 0.2) is 72.1 Å². The van der Waals surface area contributed by atoms with Crippen LogP contribution in [0.5, 0.6) is 0 Å². The molecule has 8 heteroatoms. The third-order valence-corrected chi connectivity index (χ3v) is 9.79. The second-order valence-electron chi connectivity index (χ2n) is 13.1.